The minimum atomic E-state index is -0.150. The van der Waals surface area contributed by atoms with Crippen LogP contribution in [0.15, 0.2) is 50.7 Å². The maximum Gasteiger partial charge on any atom is 0.289 e. The van der Waals surface area contributed by atoms with E-state index < -0.39 is 0 Å². The van der Waals surface area contributed by atoms with Gasteiger partial charge in [0.2, 0.25) is 11.7 Å². The van der Waals surface area contributed by atoms with Gasteiger partial charge in [-0.2, -0.15) is 4.98 Å². The van der Waals surface area contributed by atoms with E-state index in [1.54, 1.807) is 35.5 Å². The quantitative estimate of drug-likeness (QED) is 0.535. The van der Waals surface area contributed by atoms with Crippen LogP contribution in [-0.2, 0) is 0 Å². The second-order valence-corrected chi connectivity index (χ2v) is 7.28. The largest absolute Gasteiger partial charge is 0.493 e. The van der Waals surface area contributed by atoms with Crippen molar-refractivity contribution in [2.24, 2.45) is 0 Å². The number of hydrogen-bond acceptors (Lipinski definition) is 7. The van der Waals surface area contributed by atoms with E-state index in [1.165, 1.54) is 0 Å². The maximum absolute atomic E-state index is 12.7. The fourth-order valence-corrected chi connectivity index (χ4v) is 3.82. The Labute approximate surface area is 158 Å². The van der Waals surface area contributed by atoms with Crippen molar-refractivity contribution in [3.8, 4) is 16.5 Å². The molecule has 136 valence electrons. The van der Waals surface area contributed by atoms with Crippen LogP contribution in [0.4, 0.5) is 0 Å². The van der Waals surface area contributed by atoms with Gasteiger partial charge in [0, 0.05) is 18.5 Å². The highest BCUT2D eigenvalue weighted by Crippen LogP contribution is 2.32. The second kappa shape index (κ2) is 6.24. The van der Waals surface area contributed by atoms with Crippen LogP contribution in [0.3, 0.4) is 0 Å². The lowest BCUT2D eigenvalue weighted by Crippen LogP contribution is -2.48. The number of rotatable bonds is 4. The zero-order valence-corrected chi connectivity index (χ0v) is 15.2. The molecule has 1 saturated heterocycles. The highest BCUT2D eigenvalue weighted by Gasteiger charge is 2.37. The summed E-state index contributed by atoms with van der Waals surface area (Å²) in [6.07, 6.45) is 0. The van der Waals surface area contributed by atoms with Gasteiger partial charge in [-0.25, -0.2) is 0 Å². The van der Waals surface area contributed by atoms with E-state index in [0.717, 1.165) is 10.3 Å². The summed E-state index contributed by atoms with van der Waals surface area (Å²) in [6.45, 7) is 1.05. The summed E-state index contributed by atoms with van der Waals surface area (Å²) in [6, 6.07) is 11.2. The molecule has 0 aliphatic carbocycles. The lowest BCUT2D eigenvalue weighted by Gasteiger charge is -2.36. The molecule has 0 spiro atoms. The van der Waals surface area contributed by atoms with E-state index in [1.807, 2.05) is 29.6 Å². The van der Waals surface area contributed by atoms with E-state index >= 15 is 0 Å². The second-order valence-electron chi connectivity index (χ2n) is 6.33. The summed E-state index contributed by atoms with van der Waals surface area (Å²) in [7, 11) is 1.58. The highest BCUT2D eigenvalue weighted by atomic mass is 32.1. The number of nitrogens with zero attached hydrogens (tertiary/aromatic N) is 3. The van der Waals surface area contributed by atoms with E-state index in [0.29, 0.717) is 41.9 Å². The van der Waals surface area contributed by atoms with Crippen molar-refractivity contribution >= 4 is 28.2 Å². The number of furan rings is 1. The van der Waals surface area contributed by atoms with Crippen molar-refractivity contribution in [1.29, 1.82) is 0 Å². The molecule has 0 saturated carbocycles. The summed E-state index contributed by atoms with van der Waals surface area (Å²) in [5.74, 6) is 1.97. The first-order chi connectivity index (χ1) is 13.2. The topological polar surface area (TPSA) is 81.6 Å². The molecule has 1 aliphatic rings. The number of para-hydroxylation sites is 1. The van der Waals surface area contributed by atoms with Crippen LogP contribution in [-0.4, -0.2) is 41.1 Å². The molecule has 1 amide bonds. The molecule has 3 aromatic heterocycles. The molecular weight excluding hydrogens is 366 g/mol. The summed E-state index contributed by atoms with van der Waals surface area (Å²) in [5, 5.41) is 6.84. The fourth-order valence-electron chi connectivity index (χ4n) is 3.17. The van der Waals surface area contributed by atoms with Crippen molar-refractivity contribution in [3.05, 3.63) is 53.4 Å². The number of aromatic nitrogens is 2. The van der Waals surface area contributed by atoms with Crippen LogP contribution in [0.5, 0.6) is 5.75 Å². The van der Waals surface area contributed by atoms with Crippen LogP contribution in [0.1, 0.15) is 22.4 Å². The predicted octanol–water partition coefficient (Wildman–Crippen LogP) is 3.79. The number of likely N-dealkylation sites (tertiary alicyclic amines) is 1. The lowest BCUT2D eigenvalue weighted by atomic mass is 10.00. The normalized spacial score (nSPS) is 14.5. The standard InChI is InChI=1S/C19H15N3O4S/c1-24-13-5-2-4-11-8-14(25-16(11)13)19(23)22-9-12(10-22)18-20-17(21-26-18)15-6-3-7-27-15/h2-8,12H,9-10H2,1H3. The maximum atomic E-state index is 12.7. The molecule has 0 unspecified atom stereocenters. The minimum absolute atomic E-state index is 0.0501. The molecule has 7 nitrogen and oxygen atoms in total. The number of ether oxygens (including phenoxy) is 1. The van der Waals surface area contributed by atoms with Crippen molar-refractivity contribution in [3.63, 3.8) is 0 Å². The monoisotopic (exact) mass is 381 g/mol. The molecule has 0 radical (unpaired) electrons. The third-order valence-electron chi connectivity index (χ3n) is 4.64. The summed E-state index contributed by atoms with van der Waals surface area (Å²) >= 11 is 1.56. The molecular formula is C19H15N3O4S. The number of benzene rings is 1. The van der Waals surface area contributed by atoms with Crippen LogP contribution >= 0.6 is 11.3 Å². The summed E-state index contributed by atoms with van der Waals surface area (Å²) in [4.78, 5) is 19.8. The van der Waals surface area contributed by atoms with Gasteiger partial charge in [0.05, 0.1) is 17.9 Å². The Morgan fingerprint density at radius 3 is 2.96 bits per heavy atom. The van der Waals surface area contributed by atoms with Gasteiger partial charge in [-0.1, -0.05) is 23.4 Å². The van der Waals surface area contributed by atoms with Gasteiger partial charge >= 0.3 is 0 Å². The Balaban J connectivity index is 1.30. The Hall–Kier alpha value is -3.13. The molecule has 8 heteroatoms. The number of carbonyl (C=O) groups is 1. The third kappa shape index (κ3) is 2.69. The predicted molar refractivity (Wildman–Crippen MR) is 99.0 cm³/mol. The number of thiophene rings is 1. The molecule has 0 N–H and O–H groups in total. The molecule has 4 heterocycles. The Kier molecular flexibility index (Phi) is 3.71. The number of methoxy groups -OCH3 is 1. The van der Waals surface area contributed by atoms with Crippen molar-refractivity contribution in [1.82, 2.24) is 15.0 Å². The number of amides is 1. The molecule has 5 rings (SSSR count). The summed E-state index contributed by atoms with van der Waals surface area (Å²) in [5.41, 5.74) is 0.581. The Morgan fingerprint density at radius 1 is 1.30 bits per heavy atom. The van der Waals surface area contributed by atoms with Gasteiger partial charge in [0.1, 0.15) is 0 Å². The molecule has 4 aromatic rings. The molecule has 1 fully saturated rings. The van der Waals surface area contributed by atoms with E-state index in [-0.39, 0.29) is 11.8 Å². The number of hydrogen-bond donors (Lipinski definition) is 0. The third-order valence-corrected chi connectivity index (χ3v) is 5.51. The average molecular weight is 381 g/mol. The first-order valence-corrected chi connectivity index (χ1v) is 9.34. The highest BCUT2D eigenvalue weighted by molar-refractivity contribution is 7.13. The smallest absolute Gasteiger partial charge is 0.289 e. The zero-order valence-electron chi connectivity index (χ0n) is 14.4. The van der Waals surface area contributed by atoms with E-state index in [9.17, 15) is 4.79 Å². The number of fused-ring (bicyclic) bond motifs is 1. The van der Waals surface area contributed by atoms with Gasteiger partial charge in [-0.15, -0.1) is 11.3 Å². The molecule has 0 atom stereocenters. The van der Waals surface area contributed by atoms with Gasteiger partial charge in [-0.05, 0) is 23.6 Å². The minimum Gasteiger partial charge on any atom is -0.493 e. The summed E-state index contributed by atoms with van der Waals surface area (Å²) < 4.78 is 16.4. The molecule has 0 bridgehead atoms. The number of carbonyl (C=O) groups excluding carboxylic acids is 1. The zero-order chi connectivity index (χ0) is 18.4. The van der Waals surface area contributed by atoms with Crippen LogP contribution in [0, 0.1) is 0 Å². The Morgan fingerprint density at radius 2 is 2.19 bits per heavy atom. The van der Waals surface area contributed by atoms with Crippen molar-refractivity contribution < 1.29 is 18.5 Å². The van der Waals surface area contributed by atoms with Gasteiger partial charge in [0.15, 0.2) is 17.1 Å². The van der Waals surface area contributed by atoms with Crippen LogP contribution in [0.2, 0.25) is 0 Å². The van der Waals surface area contributed by atoms with E-state index in [4.69, 9.17) is 13.7 Å². The fraction of sp³-hybridized carbons (Fsp3) is 0.211. The van der Waals surface area contributed by atoms with Crippen LogP contribution < -0.4 is 4.74 Å². The molecule has 1 aliphatic heterocycles. The van der Waals surface area contributed by atoms with E-state index in [2.05, 4.69) is 10.1 Å². The van der Waals surface area contributed by atoms with Gasteiger partial charge in [0.25, 0.3) is 5.91 Å². The Bertz CT molecular complexity index is 1110. The van der Waals surface area contributed by atoms with Gasteiger partial charge in [-0.3, -0.25) is 4.79 Å². The van der Waals surface area contributed by atoms with Crippen molar-refractivity contribution in [2.45, 2.75) is 5.92 Å². The lowest BCUT2D eigenvalue weighted by molar-refractivity contribution is 0.0539. The first-order valence-electron chi connectivity index (χ1n) is 8.46. The van der Waals surface area contributed by atoms with Crippen LogP contribution in [0.25, 0.3) is 21.7 Å². The SMILES string of the molecule is COc1cccc2cc(C(=O)N3CC(c4nc(-c5cccs5)no4)C3)oc12. The first kappa shape index (κ1) is 16.1. The van der Waals surface area contributed by atoms with Crippen molar-refractivity contribution in [2.75, 3.05) is 20.2 Å². The molecule has 1 aromatic carbocycles. The van der Waals surface area contributed by atoms with Gasteiger partial charge < -0.3 is 18.6 Å². The average Bonchev–Trinajstić information content (AvgIpc) is 3.38. The molecule has 27 heavy (non-hydrogen) atoms.